The number of aryl methyl sites for hydroxylation is 1. The molecule has 29 heavy (non-hydrogen) atoms. The first-order chi connectivity index (χ1) is 14.1. The van der Waals surface area contributed by atoms with Crippen LogP contribution in [0.3, 0.4) is 0 Å². The summed E-state index contributed by atoms with van der Waals surface area (Å²) in [6.07, 6.45) is 1.56. The molecule has 4 rings (SSSR count). The molecule has 0 aliphatic carbocycles. The van der Waals surface area contributed by atoms with Crippen molar-refractivity contribution in [3.63, 3.8) is 0 Å². The number of nitrogens with zero attached hydrogens (tertiary/aromatic N) is 3. The molecule has 1 fully saturated rings. The van der Waals surface area contributed by atoms with Gasteiger partial charge in [0.15, 0.2) is 0 Å². The van der Waals surface area contributed by atoms with Crippen molar-refractivity contribution < 1.29 is 9.53 Å². The predicted molar refractivity (Wildman–Crippen MR) is 114 cm³/mol. The van der Waals surface area contributed by atoms with Gasteiger partial charge in [-0.15, -0.1) is 11.3 Å². The van der Waals surface area contributed by atoms with Crippen LogP contribution in [0.4, 0.5) is 0 Å². The van der Waals surface area contributed by atoms with Gasteiger partial charge in [0.25, 0.3) is 11.5 Å². The summed E-state index contributed by atoms with van der Waals surface area (Å²) in [5, 5.41) is 3.51. The molecule has 0 spiro atoms. The second-order valence-corrected chi connectivity index (χ2v) is 8.11. The van der Waals surface area contributed by atoms with Crippen molar-refractivity contribution in [2.75, 3.05) is 39.4 Å². The SMILES string of the molecule is Cc1c(C(=O)NCCN2CCOCC2)sc2ncn(Cc3ccccc3)c(=O)c12. The number of fused-ring (bicyclic) bond motifs is 1. The van der Waals surface area contributed by atoms with E-state index in [1.54, 1.807) is 10.9 Å². The maximum atomic E-state index is 13.0. The Bertz CT molecular complexity index is 1050. The summed E-state index contributed by atoms with van der Waals surface area (Å²) in [5.74, 6) is -0.146. The van der Waals surface area contributed by atoms with Gasteiger partial charge in [-0.2, -0.15) is 0 Å². The van der Waals surface area contributed by atoms with Crippen LogP contribution in [-0.4, -0.2) is 59.8 Å². The summed E-state index contributed by atoms with van der Waals surface area (Å²) < 4.78 is 6.93. The fraction of sp³-hybridized carbons (Fsp3) is 0.381. The minimum Gasteiger partial charge on any atom is -0.379 e. The van der Waals surface area contributed by atoms with Gasteiger partial charge in [0.2, 0.25) is 0 Å². The fourth-order valence-electron chi connectivity index (χ4n) is 3.50. The monoisotopic (exact) mass is 412 g/mol. The average molecular weight is 413 g/mol. The van der Waals surface area contributed by atoms with Crippen LogP contribution in [0.15, 0.2) is 41.5 Å². The molecule has 1 aliphatic rings. The molecule has 1 amide bonds. The predicted octanol–water partition coefficient (Wildman–Crippen LogP) is 1.88. The second kappa shape index (κ2) is 8.86. The molecule has 2 aromatic heterocycles. The third-order valence-electron chi connectivity index (χ3n) is 5.14. The average Bonchev–Trinajstić information content (AvgIpc) is 3.09. The highest BCUT2D eigenvalue weighted by atomic mass is 32.1. The smallest absolute Gasteiger partial charge is 0.262 e. The Morgan fingerprint density at radius 3 is 2.76 bits per heavy atom. The summed E-state index contributed by atoms with van der Waals surface area (Å²) in [6.45, 7) is 6.91. The van der Waals surface area contributed by atoms with Crippen LogP contribution in [0.5, 0.6) is 0 Å². The number of aromatic nitrogens is 2. The highest BCUT2D eigenvalue weighted by molar-refractivity contribution is 7.20. The Labute approximate surface area is 172 Å². The molecule has 3 heterocycles. The highest BCUT2D eigenvalue weighted by Gasteiger charge is 2.20. The van der Waals surface area contributed by atoms with Crippen LogP contribution in [0.1, 0.15) is 20.8 Å². The number of carbonyl (C=O) groups is 1. The summed E-state index contributed by atoms with van der Waals surface area (Å²) >= 11 is 1.28. The number of carbonyl (C=O) groups excluding carboxylic acids is 1. The first-order valence-corrected chi connectivity index (χ1v) is 10.6. The number of benzene rings is 1. The van der Waals surface area contributed by atoms with Gasteiger partial charge in [-0.05, 0) is 18.1 Å². The molecule has 0 radical (unpaired) electrons. The fourth-order valence-corrected chi connectivity index (χ4v) is 4.56. The van der Waals surface area contributed by atoms with Crippen LogP contribution >= 0.6 is 11.3 Å². The van der Waals surface area contributed by atoms with E-state index in [0.717, 1.165) is 38.4 Å². The molecule has 7 nitrogen and oxygen atoms in total. The molecule has 0 atom stereocenters. The van der Waals surface area contributed by atoms with E-state index in [0.29, 0.717) is 33.7 Å². The zero-order chi connectivity index (χ0) is 20.2. The molecule has 1 aliphatic heterocycles. The van der Waals surface area contributed by atoms with Crippen LogP contribution in [0, 0.1) is 6.92 Å². The standard InChI is InChI=1S/C21H24N4O3S/c1-15-17-20(23-14-25(21(17)27)13-16-5-3-2-4-6-16)29-18(15)19(26)22-7-8-24-9-11-28-12-10-24/h2-6,14H,7-13H2,1H3,(H,22,26). The zero-order valence-electron chi connectivity index (χ0n) is 16.4. The highest BCUT2D eigenvalue weighted by Crippen LogP contribution is 2.26. The van der Waals surface area contributed by atoms with E-state index in [1.807, 2.05) is 37.3 Å². The van der Waals surface area contributed by atoms with Gasteiger partial charge in [0.05, 0.1) is 36.3 Å². The Morgan fingerprint density at radius 2 is 2.00 bits per heavy atom. The van der Waals surface area contributed by atoms with E-state index < -0.39 is 0 Å². The van der Waals surface area contributed by atoms with Crippen molar-refractivity contribution in [3.8, 4) is 0 Å². The second-order valence-electron chi connectivity index (χ2n) is 7.11. The lowest BCUT2D eigenvalue weighted by molar-refractivity contribution is 0.0383. The van der Waals surface area contributed by atoms with Crippen LogP contribution in [0.25, 0.3) is 10.2 Å². The number of thiophene rings is 1. The maximum absolute atomic E-state index is 13.0. The number of nitrogens with one attached hydrogen (secondary N) is 1. The van der Waals surface area contributed by atoms with Crippen molar-refractivity contribution in [2.45, 2.75) is 13.5 Å². The van der Waals surface area contributed by atoms with E-state index >= 15 is 0 Å². The summed E-state index contributed by atoms with van der Waals surface area (Å²) in [7, 11) is 0. The largest absolute Gasteiger partial charge is 0.379 e. The molecule has 0 bridgehead atoms. The number of rotatable bonds is 6. The molecule has 152 valence electrons. The Kier molecular flexibility index (Phi) is 6.03. The first-order valence-electron chi connectivity index (χ1n) is 9.74. The van der Waals surface area contributed by atoms with Crippen LogP contribution in [0.2, 0.25) is 0 Å². The van der Waals surface area contributed by atoms with Gasteiger partial charge in [0, 0.05) is 26.2 Å². The molecule has 0 unspecified atom stereocenters. The quantitative estimate of drug-likeness (QED) is 0.669. The normalized spacial score (nSPS) is 14.9. The van der Waals surface area contributed by atoms with Gasteiger partial charge in [-0.25, -0.2) is 4.98 Å². The van der Waals surface area contributed by atoms with Crippen molar-refractivity contribution in [1.82, 2.24) is 19.8 Å². The molecule has 8 heteroatoms. The van der Waals surface area contributed by atoms with Crippen LogP contribution < -0.4 is 10.9 Å². The number of hydrogen-bond acceptors (Lipinski definition) is 6. The zero-order valence-corrected chi connectivity index (χ0v) is 17.2. The van der Waals surface area contributed by atoms with Gasteiger partial charge in [0.1, 0.15) is 4.83 Å². The van der Waals surface area contributed by atoms with E-state index in [-0.39, 0.29) is 11.5 Å². The number of morpholine rings is 1. The van der Waals surface area contributed by atoms with E-state index in [9.17, 15) is 9.59 Å². The van der Waals surface area contributed by atoms with Gasteiger partial charge in [-0.3, -0.25) is 19.1 Å². The molecular formula is C21H24N4O3S. The van der Waals surface area contributed by atoms with Gasteiger partial charge in [-0.1, -0.05) is 30.3 Å². The van der Waals surface area contributed by atoms with Crippen molar-refractivity contribution in [2.24, 2.45) is 0 Å². The van der Waals surface area contributed by atoms with E-state index in [2.05, 4.69) is 15.2 Å². The Morgan fingerprint density at radius 1 is 1.24 bits per heavy atom. The van der Waals surface area contributed by atoms with Gasteiger partial charge >= 0.3 is 0 Å². The molecule has 1 saturated heterocycles. The van der Waals surface area contributed by atoms with E-state index in [1.165, 1.54) is 11.3 Å². The van der Waals surface area contributed by atoms with Crippen molar-refractivity contribution >= 4 is 27.5 Å². The molecule has 1 N–H and O–H groups in total. The van der Waals surface area contributed by atoms with E-state index in [4.69, 9.17) is 4.74 Å². The lowest BCUT2D eigenvalue weighted by atomic mass is 10.2. The molecule has 1 aromatic carbocycles. The van der Waals surface area contributed by atoms with Crippen molar-refractivity contribution in [3.05, 3.63) is 63.0 Å². The van der Waals surface area contributed by atoms with Gasteiger partial charge < -0.3 is 10.1 Å². The lowest BCUT2D eigenvalue weighted by Gasteiger charge is -2.26. The molecular weight excluding hydrogens is 388 g/mol. The minimum absolute atomic E-state index is 0.111. The first kappa shape index (κ1) is 19.8. The lowest BCUT2D eigenvalue weighted by Crippen LogP contribution is -2.41. The number of ether oxygens (including phenoxy) is 1. The third kappa shape index (κ3) is 4.39. The number of hydrogen-bond donors (Lipinski definition) is 1. The van der Waals surface area contributed by atoms with Crippen LogP contribution in [-0.2, 0) is 11.3 Å². The van der Waals surface area contributed by atoms with Crippen molar-refractivity contribution in [1.29, 1.82) is 0 Å². The Hall–Kier alpha value is -2.55. The summed E-state index contributed by atoms with van der Waals surface area (Å²) in [6, 6.07) is 9.79. The molecule has 0 saturated carbocycles. The number of amides is 1. The minimum atomic E-state index is -0.146. The Balaban J connectivity index is 1.50. The topological polar surface area (TPSA) is 76.5 Å². The maximum Gasteiger partial charge on any atom is 0.262 e. The molecule has 3 aromatic rings. The summed E-state index contributed by atoms with van der Waals surface area (Å²) in [4.78, 5) is 33.5. The third-order valence-corrected chi connectivity index (χ3v) is 6.34. The summed E-state index contributed by atoms with van der Waals surface area (Å²) in [5.41, 5.74) is 1.62.